The number of pyridine rings is 1. The molecule has 3 aromatic heterocycles. The highest BCUT2D eigenvalue weighted by atomic mass is 35.5. The monoisotopic (exact) mass is 525 g/mol. The summed E-state index contributed by atoms with van der Waals surface area (Å²) in [6.45, 7) is 6.24. The van der Waals surface area contributed by atoms with Crippen LogP contribution in [0.15, 0.2) is 30.6 Å². The van der Waals surface area contributed by atoms with Crippen LogP contribution in [0.25, 0.3) is 22.4 Å². The average molecular weight is 526 g/mol. The Labute approximate surface area is 220 Å². The van der Waals surface area contributed by atoms with Crippen LogP contribution in [0, 0.1) is 0 Å². The molecule has 1 saturated heterocycles. The predicted molar refractivity (Wildman–Crippen MR) is 142 cm³/mol. The number of halogens is 2. The summed E-state index contributed by atoms with van der Waals surface area (Å²) in [6.07, 6.45) is 6.23. The van der Waals surface area contributed by atoms with Crippen LogP contribution in [-0.4, -0.2) is 67.7 Å². The molecule has 188 valence electrons. The van der Waals surface area contributed by atoms with Crippen molar-refractivity contribution in [3.8, 4) is 17.3 Å². The second-order valence-corrected chi connectivity index (χ2v) is 10.6. The number of ether oxygens (including phenoxy) is 1. The van der Waals surface area contributed by atoms with Crippen LogP contribution in [0.2, 0.25) is 10.0 Å². The minimum Gasteiger partial charge on any atom is -0.486 e. The van der Waals surface area contributed by atoms with Gasteiger partial charge in [-0.1, -0.05) is 23.2 Å². The van der Waals surface area contributed by atoms with Crippen molar-refractivity contribution in [2.45, 2.75) is 44.9 Å². The van der Waals surface area contributed by atoms with Gasteiger partial charge in [-0.3, -0.25) is 15.0 Å². The smallest absolute Gasteiger partial charge is 0.159 e. The molecule has 1 fully saturated rings. The van der Waals surface area contributed by atoms with Crippen molar-refractivity contribution < 1.29 is 4.74 Å². The Balaban J connectivity index is 1.24. The molecular weight excluding hydrogens is 497 g/mol. The van der Waals surface area contributed by atoms with E-state index in [1.165, 1.54) is 31.6 Å². The molecule has 2 aliphatic rings. The zero-order valence-corrected chi connectivity index (χ0v) is 21.9. The Morgan fingerprint density at radius 1 is 1.11 bits per heavy atom. The maximum Gasteiger partial charge on any atom is 0.159 e. The molecule has 8 nitrogen and oxygen atoms in total. The molecule has 6 rings (SSSR count). The van der Waals surface area contributed by atoms with E-state index in [4.69, 9.17) is 32.9 Å². The molecule has 1 unspecified atom stereocenters. The maximum atomic E-state index is 6.33. The van der Waals surface area contributed by atoms with E-state index in [9.17, 15) is 0 Å². The van der Waals surface area contributed by atoms with Crippen LogP contribution in [0.3, 0.4) is 0 Å². The van der Waals surface area contributed by atoms with Crippen molar-refractivity contribution in [1.82, 2.24) is 34.9 Å². The van der Waals surface area contributed by atoms with E-state index in [0.717, 1.165) is 47.6 Å². The third-order valence-corrected chi connectivity index (χ3v) is 8.04. The van der Waals surface area contributed by atoms with E-state index in [1.54, 1.807) is 12.4 Å². The number of likely N-dealkylation sites (tertiary alicyclic amines) is 1. The van der Waals surface area contributed by atoms with E-state index in [1.807, 2.05) is 25.1 Å². The second-order valence-electron chi connectivity index (χ2n) is 9.82. The number of H-pyrrole nitrogens is 2. The molecule has 0 saturated carbocycles. The molecule has 2 N–H and O–H groups in total. The molecule has 0 radical (unpaired) electrons. The third kappa shape index (κ3) is 4.47. The van der Waals surface area contributed by atoms with Crippen LogP contribution in [0.4, 0.5) is 0 Å². The molecule has 0 aliphatic carbocycles. The molecule has 2 aliphatic heterocycles. The van der Waals surface area contributed by atoms with Gasteiger partial charge in [0.2, 0.25) is 0 Å². The molecule has 0 amide bonds. The molecule has 36 heavy (non-hydrogen) atoms. The number of hydrogen-bond donors (Lipinski definition) is 2. The van der Waals surface area contributed by atoms with Gasteiger partial charge in [0.1, 0.15) is 17.5 Å². The topological polar surface area (TPSA) is 86.0 Å². The fourth-order valence-corrected chi connectivity index (χ4v) is 6.09. The standard InChI is InChI=1S/C26H29Cl2N7O/c1-15(24-19(27)12-29-13-20(24)28)36-17-3-4-21-18(11-17)25(33-32-21)26-30-22-7-10-35(14-23(22)31-26)16-5-8-34(2)9-6-16/h3-4,11-13,15-16H,5-10,14H2,1-2H3,(H,30,31)(H,32,33). The highest BCUT2D eigenvalue weighted by Gasteiger charge is 2.29. The number of imidazole rings is 1. The lowest BCUT2D eigenvalue weighted by Gasteiger charge is -2.38. The minimum absolute atomic E-state index is 0.345. The lowest BCUT2D eigenvalue weighted by atomic mass is 10.0. The van der Waals surface area contributed by atoms with Crippen molar-refractivity contribution in [3.63, 3.8) is 0 Å². The molecular formula is C26H29Cl2N7O. The first-order chi connectivity index (χ1) is 17.5. The molecule has 10 heteroatoms. The molecule has 4 aromatic rings. The number of piperidine rings is 1. The average Bonchev–Trinajstić information content (AvgIpc) is 3.47. The fraction of sp³-hybridized carbons (Fsp3) is 0.423. The Kier molecular flexibility index (Phi) is 6.37. The lowest BCUT2D eigenvalue weighted by Crippen LogP contribution is -2.45. The Morgan fingerprint density at radius 3 is 2.67 bits per heavy atom. The Bertz CT molecular complexity index is 1370. The van der Waals surface area contributed by atoms with Crippen molar-refractivity contribution in [1.29, 1.82) is 0 Å². The highest BCUT2D eigenvalue weighted by molar-refractivity contribution is 6.35. The van der Waals surface area contributed by atoms with Gasteiger partial charge < -0.3 is 14.6 Å². The van der Waals surface area contributed by atoms with E-state index in [2.05, 4.69) is 37.0 Å². The predicted octanol–water partition coefficient (Wildman–Crippen LogP) is 5.25. The zero-order valence-electron chi connectivity index (χ0n) is 20.4. The Morgan fingerprint density at radius 2 is 1.89 bits per heavy atom. The summed E-state index contributed by atoms with van der Waals surface area (Å²) in [7, 11) is 2.21. The van der Waals surface area contributed by atoms with Crippen LogP contribution < -0.4 is 4.74 Å². The fourth-order valence-electron chi connectivity index (χ4n) is 5.42. The summed E-state index contributed by atoms with van der Waals surface area (Å²) >= 11 is 12.7. The first-order valence-corrected chi connectivity index (χ1v) is 13.2. The molecule has 1 aromatic carbocycles. The molecule has 0 bridgehead atoms. The van der Waals surface area contributed by atoms with Crippen molar-refractivity contribution >= 4 is 34.1 Å². The number of nitrogens with zero attached hydrogens (tertiary/aromatic N) is 5. The van der Waals surface area contributed by atoms with Gasteiger partial charge in [-0.2, -0.15) is 5.10 Å². The number of benzene rings is 1. The minimum atomic E-state index is -0.345. The number of fused-ring (bicyclic) bond motifs is 2. The van der Waals surface area contributed by atoms with Gasteiger partial charge in [0, 0.05) is 48.9 Å². The summed E-state index contributed by atoms with van der Waals surface area (Å²) in [4.78, 5) is 17.6. The van der Waals surface area contributed by atoms with Gasteiger partial charge in [0.05, 0.1) is 26.9 Å². The Hall–Kier alpha value is -2.65. The van der Waals surface area contributed by atoms with Crippen molar-refractivity contribution in [2.24, 2.45) is 0 Å². The second kappa shape index (κ2) is 9.67. The summed E-state index contributed by atoms with van der Waals surface area (Å²) in [6, 6.07) is 6.52. The highest BCUT2D eigenvalue weighted by Crippen LogP contribution is 2.35. The maximum absolute atomic E-state index is 6.33. The quantitative estimate of drug-likeness (QED) is 0.370. The zero-order chi connectivity index (χ0) is 24.8. The van der Waals surface area contributed by atoms with Gasteiger partial charge in [-0.15, -0.1) is 0 Å². The van der Waals surface area contributed by atoms with Crippen LogP contribution in [0.1, 0.15) is 42.8 Å². The molecule has 1 atom stereocenters. The van der Waals surface area contributed by atoms with E-state index in [0.29, 0.717) is 27.4 Å². The summed E-state index contributed by atoms with van der Waals surface area (Å²) in [5, 5.41) is 9.63. The van der Waals surface area contributed by atoms with Crippen molar-refractivity contribution in [3.05, 3.63) is 57.6 Å². The van der Waals surface area contributed by atoms with E-state index >= 15 is 0 Å². The summed E-state index contributed by atoms with van der Waals surface area (Å²) in [5.41, 5.74) is 4.78. The van der Waals surface area contributed by atoms with Gasteiger partial charge in [0.25, 0.3) is 0 Å². The van der Waals surface area contributed by atoms with Gasteiger partial charge in [-0.05, 0) is 58.1 Å². The van der Waals surface area contributed by atoms with Crippen LogP contribution >= 0.6 is 23.2 Å². The number of aromatic nitrogens is 5. The van der Waals surface area contributed by atoms with E-state index < -0.39 is 0 Å². The molecule has 5 heterocycles. The third-order valence-electron chi connectivity index (χ3n) is 7.43. The number of hydrogen-bond acceptors (Lipinski definition) is 6. The largest absolute Gasteiger partial charge is 0.486 e. The van der Waals surface area contributed by atoms with Gasteiger partial charge in [0.15, 0.2) is 5.82 Å². The van der Waals surface area contributed by atoms with Crippen LogP contribution in [-0.2, 0) is 13.0 Å². The number of rotatable bonds is 5. The van der Waals surface area contributed by atoms with Gasteiger partial charge in [-0.25, -0.2) is 4.98 Å². The normalized spacial score (nSPS) is 18.4. The first kappa shape index (κ1) is 23.7. The number of aromatic amines is 2. The van der Waals surface area contributed by atoms with Gasteiger partial charge >= 0.3 is 0 Å². The first-order valence-electron chi connectivity index (χ1n) is 12.4. The molecule has 0 spiro atoms. The van der Waals surface area contributed by atoms with Crippen molar-refractivity contribution in [2.75, 3.05) is 26.7 Å². The SMILES string of the molecule is CC(Oc1ccc2[nH]nc(-c3nc4c([nH]3)CN(C3CCN(C)CC3)CC4)c2c1)c1c(Cl)cncc1Cl. The summed E-state index contributed by atoms with van der Waals surface area (Å²) < 4.78 is 6.22. The lowest BCUT2D eigenvalue weighted by molar-refractivity contribution is 0.108. The summed E-state index contributed by atoms with van der Waals surface area (Å²) in [5.74, 6) is 1.49. The number of nitrogens with one attached hydrogen (secondary N) is 2. The van der Waals surface area contributed by atoms with E-state index in [-0.39, 0.29) is 6.10 Å². The van der Waals surface area contributed by atoms with Crippen LogP contribution in [0.5, 0.6) is 5.75 Å².